The van der Waals surface area contributed by atoms with Crippen molar-refractivity contribution in [3.8, 4) is 0 Å². The van der Waals surface area contributed by atoms with Crippen LogP contribution in [0.2, 0.25) is 0 Å². The molecule has 2 aromatic rings. The lowest BCUT2D eigenvalue weighted by atomic mass is 9.80. The lowest BCUT2D eigenvalue weighted by Crippen LogP contribution is -2.48. The average Bonchev–Trinajstić information content (AvgIpc) is 2.97. The van der Waals surface area contributed by atoms with Crippen LogP contribution in [0, 0.1) is 0 Å². The minimum Gasteiger partial charge on any atom is -0.467 e. The van der Waals surface area contributed by atoms with Crippen molar-refractivity contribution in [1.29, 1.82) is 0 Å². The molecule has 22 heavy (non-hydrogen) atoms. The number of aliphatic hydroxyl groups excluding tert-OH is 2. The highest BCUT2D eigenvalue weighted by molar-refractivity contribution is 5.89. The highest BCUT2D eigenvalue weighted by Gasteiger charge is 2.44. The Hall–Kier alpha value is -2.15. The van der Waals surface area contributed by atoms with Crippen molar-refractivity contribution in [2.45, 2.75) is 24.2 Å². The summed E-state index contributed by atoms with van der Waals surface area (Å²) in [6, 6.07) is 6.92. The van der Waals surface area contributed by atoms with Gasteiger partial charge < -0.3 is 24.5 Å². The first-order valence-corrected chi connectivity index (χ1v) is 6.82. The number of aliphatic hydroxyl groups is 3. The molecule has 6 heteroatoms. The van der Waals surface area contributed by atoms with E-state index in [0.29, 0.717) is 11.1 Å². The second-order valence-electron chi connectivity index (χ2n) is 5.41. The number of hydrogen-bond donors (Lipinski definition) is 3. The first-order valence-electron chi connectivity index (χ1n) is 6.82. The molecule has 0 radical (unpaired) electrons. The Morgan fingerprint density at radius 3 is 2.86 bits per heavy atom. The van der Waals surface area contributed by atoms with Gasteiger partial charge in [0.15, 0.2) is 5.60 Å². The minimum atomic E-state index is -1.96. The molecule has 3 unspecified atom stereocenters. The number of rotatable bonds is 2. The number of hydrogen-bond acceptors (Lipinski definition) is 6. The van der Waals surface area contributed by atoms with E-state index >= 15 is 0 Å². The number of ether oxygens (including phenoxy) is 1. The van der Waals surface area contributed by atoms with E-state index in [1.54, 1.807) is 30.5 Å². The Morgan fingerprint density at radius 2 is 2.14 bits per heavy atom. The van der Waals surface area contributed by atoms with E-state index in [-0.39, 0.29) is 12.0 Å². The maximum Gasteiger partial charge on any atom is 0.342 e. The van der Waals surface area contributed by atoms with Gasteiger partial charge in [0, 0.05) is 11.8 Å². The monoisotopic (exact) mass is 304 g/mol. The number of carbonyl (C=O) groups excluding carboxylic acids is 1. The van der Waals surface area contributed by atoms with Crippen LogP contribution in [0.5, 0.6) is 0 Å². The van der Waals surface area contributed by atoms with Gasteiger partial charge in [-0.1, -0.05) is 6.07 Å². The average molecular weight is 304 g/mol. The summed E-state index contributed by atoms with van der Waals surface area (Å²) in [5.41, 5.74) is -0.427. The third-order valence-electron chi connectivity index (χ3n) is 3.92. The number of carbonyl (C=O) groups is 1. The minimum absolute atomic E-state index is 0.273. The molecule has 6 nitrogen and oxygen atoms in total. The maximum absolute atomic E-state index is 11.8. The molecular formula is C16H16O6. The van der Waals surface area contributed by atoms with Gasteiger partial charge in [0.2, 0.25) is 0 Å². The van der Waals surface area contributed by atoms with E-state index in [4.69, 9.17) is 4.42 Å². The lowest BCUT2D eigenvalue weighted by Gasteiger charge is -2.34. The topological polar surface area (TPSA) is 100 Å². The normalized spacial score (nSPS) is 28.5. The van der Waals surface area contributed by atoms with Crippen LogP contribution in [-0.4, -0.2) is 46.2 Å². The van der Waals surface area contributed by atoms with Gasteiger partial charge in [0.1, 0.15) is 11.7 Å². The Labute approximate surface area is 126 Å². The fourth-order valence-electron chi connectivity index (χ4n) is 2.76. The molecule has 3 atom stereocenters. The third kappa shape index (κ3) is 2.31. The quantitative estimate of drug-likeness (QED) is 0.711. The van der Waals surface area contributed by atoms with Gasteiger partial charge in [-0.3, -0.25) is 0 Å². The molecule has 0 bridgehead atoms. The van der Waals surface area contributed by atoms with Crippen LogP contribution >= 0.6 is 0 Å². The molecule has 0 spiro atoms. The largest absolute Gasteiger partial charge is 0.467 e. The predicted octanol–water partition coefficient (Wildman–Crippen LogP) is 0.846. The van der Waals surface area contributed by atoms with E-state index in [1.165, 1.54) is 6.08 Å². The molecule has 116 valence electrons. The van der Waals surface area contributed by atoms with Gasteiger partial charge in [-0.2, -0.15) is 0 Å². The number of benzene rings is 1. The third-order valence-corrected chi connectivity index (χ3v) is 3.92. The van der Waals surface area contributed by atoms with Crippen molar-refractivity contribution in [2.75, 3.05) is 7.11 Å². The van der Waals surface area contributed by atoms with Gasteiger partial charge in [-0.15, -0.1) is 0 Å². The van der Waals surface area contributed by atoms with Gasteiger partial charge in [0.25, 0.3) is 0 Å². The van der Waals surface area contributed by atoms with E-state index in [1.807, 2.05) is 0 Å². The molecule has 1 aliphatic carbocycles. The van der Waals surface area contributed by atoms with E-state index in [2.05, 4.69) is 4.74 Å². The lowest BCUT2D eigenvalue weighted by molar-refractivity contribution is -0.161. The molecule has 0 saturated heterocycles. The summed E-state index contributed by atoms with van der Waals surface area (Å²) < 4.78 is 9.83. The zero-order chi connectivity index (χ0) is 15.9. The Morgan fingerprint density at radius 1 is 1.36 bits per heavy atom. The van der Waals surface area contributed by atoms with Crippen LogP contribution in [0.4, 0.5) is 0 Å². The first-order chi connectivity index (χ1) is 10.4. The fraction of sp³-hybridized carbons (Fsp3) is 0.312. The second kappa shape index (κ2) is 5.24. The van der Waals surface area contributed by atoms with E-state index in [9.17, 15) is 20.1 Å². The standard InChI is InChI=1S/C16H16O6/c1-21-15(19)16(20)7-11(14(18)12(17)8-16)9-2-3-13-10(6-9)4-5-22-13/h2-7,12,14,17-18,20H,8H2,1H3. The molecular weight excluding hydrogens is 288 g/mol. The van der Waals surface area contributed by atoms with Gasteiger partial charge >= 0.3 is 5.97 Å². The highest BCUT2D eigenvalue weighted by Crippen LogP contribution is 2.35. The van der Waals surface area contributed by atoms with Crippen molar-refractivity contribution in [3.63, 3.8) is 0 Å². The Kier molecular flexibility index (Phi) is 3.52. The fourth-order valence-corrected chi connectivity index (χ4v) is 2.76. The van der Waals surface area contributed by atoms with E-state index < -0.39 is 23.8 Å². The highest BCUT2D eigenvalue weighted by atomic mass is 16.5. The summed E-state index contributed by atoms with van der Waals surface area (Å²) >= 11 is 0. The summed E-state index contributed by atoms with van der Waals surface area (Å²) in [7, 11) is 1.16. The summed E-state index contributed by atoms with van der Waals surface area (Å²) in [5.74, 6) is -0.875. The molecule has 3 rings (SSSR count). The van der Waals surface area contributed by atoms with Crippen molar-refractivity contribution in [1.82, 2.24) is 0 Å². The number of methoxy groups -OCH3 is 1. The summed E-state index contributed by atoms with van der Waals surface area (Å²) in [6.45, 7) is 0. The smallest absolute Gasteiger partial charge is 0.342 e. The van der Waals surface area contributed by atoms with Crippen LogP contribution < -0.4 is 0 Å². The Bertz CT molecular complexity index is 746. The van der Waals surface area contributed by atoms with Crippen molar-refractivity contribution < 1.29 is 29.3 Å². The van der Waals surface area contributed by atoms with E-state index in [0.717, 1.165) is 12.5 Å². The summed E-state index contributed by atoms with van der Waals surface area (Å²) in [5, 5.41) is 31.4. The predicted molar refractivity (Wildman–Crippen MR) is 77.8 cm³/mol. The molecule has 0 aliphatic heterocycles. The van der Waals surface area contributed by atoms with Crippen LogP contribution in [0.15, 0.2) is 41.0 Å². The van der Waals surface area contributed by atoms with Crippen LogP contribution in [0.25, 0.3) is 16.5 Å². The maximum atomic E-state index is 11.8. The zero-order valence-electron chi connectivity index (χ0n) is 11.9. The zero-order valence-corrected chi connectivity index (χ0v) is 11.9. The SMILES string of the molecule is COC(=O)C1(O)C=C(c2ccc3occc3c2)C(O)C(O)C1. The molecule has 3 N–H and O–H groups in total. The van der Waals surface area contributed by atoms with Crippen molar-refractivity contribution in [2.24, 2.45) is 0 Å². The van der Waals surface area contributed by atoms with Crippen molar-refractivity contribution in [3.05, 3.63) is 42.2 Å². The van der Waals surface area contributed by atoms with Crippen LogP contribution in [-0.2, 0) is 9.53 Å². The second-order valence-corrected chi connectivity index (χ2v) is 5.41. The van der Waals surface area contributed by atoms with Crippen LogP contribution in [0.3, 0.4) is 0 Å². The molecule has 0 saturated carbocycles. The molecule has 0 fully saturated rings. The first kappa shape index (κ1) is 14.8. The number of fused-ring (bicyclic) bond motifs is 1. The summed E-state index contributed by atoms with van der Waals surface area (Å²) in [6.07, 6.45) is -0.00589. The van der Waals surface area contributed by atoms with Crippen molar-refractivity contribution >= 4 is 22.5 Å². The molecule has 1 heterocycles. The molecule has 1 aliphatic rings. The number of esters is 1. The number of furan rings is 1. The van der Waals surface area contributed by atoms with Gasteiger partial charge in [-0.05, 0) is 35.4 Å². The van der Waals surface area contributed by atoms with Gasteiger partial charge in [0.05, 0.1) is 19.5 Å². The van der Waals surface area contributed by atoms with Crippen LogP contribution in [0.1, 0.15) is 12.0 Å². The molecule has 0 amide bonds. The van der Waals surface area contributed by atoms with Gasteiger partial charge in [-0.25, -0.2) is 4.79 Å². The Balaban J connectivity index is 2.10. The molecule has 1 aromatic heterocycles. The summed E-state index contributed by atoms with van der Waals surface area (Å²) in [4.78, 5) is 11.8. The molecule has 1 aromatic carbocycles.